The van der Waals surface area contributed by atoms with Crippen LogP contribution in [0.1, 0.15) is 6.92 Å². The summed E-state index contributed by atoms with van der Waals surface area (Å²) in [7, 11) is 1.62. The largest absolute Gasteiger partial charge is 0.491 e. The molecule has 2 N–H and O–H groups in total. The third kappa shape index (κ3) is 1.84. The summed E-state index contributed by atoms with van der Waals surface area (Å²) in [5.74, 6) is 1.37. The van der Waals surface area contributed by atoms with Crippen LogP contribution in [-0.2, 0) is 0 Å². The summed E-state index contributed by atoms with van der Waals surface area (Å²) >= 11 is 0. The molecule has 0 saturated carbocycles. The number of hydrogen-bond donors (Lipinski definition) is 2. The molecule has 2 heterocycles. The van der Waals surface area contributed by atoms with Crippen molar-refractivity contribution in [3.8, 4) is 17.1 Å². The van der Waals surface area contributed by atoms with Crippen LogP contribution in [0.15, 0.2) is 24.7 Å². The maximum Gasteiger partial charge on any atom is 0.189 e. The summed E-state index contributed by atoms with van der Waals surface area (Å²) in [6.45, 7) is 2.80. The first-order valence-corrected chi connectivity index (χ1v) is 5.13. The molecule has 0 spiro atoms. The fraction of sp³-hybridized carbons (Fsp3) is 0.273. The predicted octanol–water partition coefficient (Wildman–Crippen LogP) is 1.91. The first-order valence-electron chi connectivity index (χ1n) is 5.13. The zero-order valence-corrected chi connectivity index (χ0v) is 9.32. The van der Waals surface area contributed by atoms with Crippen molar-refractivity contribution in [2.24, 2.45) is 0 Å². The number of methoxy groups -OCH3 is 1. The quantitative estimate of drug-likeness (QED) is 0.822. The lowest BCUT2D eigenvalue weighted by Crippen LogP contribution is -2.04. The standard InChI is InChI=1S/C11H14N4O/c1-3-12-11-10(16-2)9(14-7-15-11)8-5-4-6-13-8/h4-7,13H,3H2,1-2H3,(H,12,14,15). The first kappa shape index (κ1) is 10.5. The van der Waals surface area contributed by atoms with Gasteiger partial charge in [-0.2, -0.15) is 0 Å². The monoisotopic (exact) mass is 218 g/mol. The van der Waals surface area contributed by atoms with Gasteiger partial charge in [-0.3, -0.25) is 0 Å². The lowest BCUT2D eigenvalue weighted by atomic mass is 10.2. The highest BCUT2D eigenvalue weighted by Gasteiger charge is 2.13. The Kier molecular flexibility index (Phi) is 3.05. The maximum atomic E-state index is 5.35. The molecule has 0 amide bonds. The Bertz CT molecular complexity index is 453. The van der Waals surface area contributed by atoms with Crippen LogP contribution in [-0.4, -0.2) is 28.6 Å². The molecule has 0 atom stereocenters. The van der Waals surface area contributed by atoms with Crippen molar-refractivity contribution >= 4 is 5.82 Å². The van der Waals surface area contributed by atoms with Gasteiger partial charge in [-0.15, -0.1) is 0 Å². The Labute approximate surface area is 93.9 Å². The Morgan fingerprint density at radius 1 is 1.44 bits per heavy atom. The average molecular weight is 218 g/mol. The van der Waals surface area contributed by atoms with Gasteiger partial charge >= 0.3 is 0 Å². The van der Waals surface area contributed by atoms with Crippen molar-refractivity contribution in [2.45, 2.75) is 6.92 Å². The van der Waals surface area contributed by atoms with E-state index in [0.717, 1.165) is 17.9 Å². The van der Waals surface area contributed by atoms with E-state index >= 15 is 0 Å². The number of nitrogens with one attached hydrogen (secondary N) is 2. The van der Waals surface area contributed by atoms with Crippen LogP contribution < -0.4 is 10.1 Å². The van der Waals surface area contributed by atoms with Crippen molar-refractivity contribution in [3.05, 3.63) is 24.7 Å². The molecule has 0 aliphatic carbocycles. The van der Waals surface area contributed by atoms with E-state index in [2.05, 4.69) is 20.3 Å². The number of anilines is 1. The molecule has 0 bridgehead atoms. The summed E-state index contributed by atoms with van der Waals surface area (Å²) in [4.78, 5) is 11.5. The average Bonchev–Trinajstić information content (AvgIpc) is 2.82. The topological polar surface area (TPSA) is 62.8 Å². The minimum absolute atomic E-state index is 0.659. The highest BCUT2D eigenvalue weighted by molar-refractivity contribution is 5.70. The van der Waals surface area contributed by atoms with Crippen molar-refractivity contribution in [2.75, 3.05) is 19.0 Å². The highest BCUT2D eigenvalue weighted by atomic mass is 16.5. The van der Waals surface area contributed by atoms with Crippen molar-refractivity contribution < 1.29 is 4.74 Å². The van der Waals surface area contributed by atoms with E-state index in [1.165, 1.54) is 6.33 Å². The van der Waals surface area contributed by atoms with Gasteiger partial charge < -0.3 is 15.0 Å². The number of hydrogen-bond acceptors (Lipinski definition) is 4. The van der Waals surface area contributed by atoms with Gasteiger partial charge in [0.05, 0.1) is 12.8 Å². The molecule has 0 aromatic carbocycles. The summed E-state index contributed by atoms with van der Waals surface area (Å²) in [5, 5.41) is 3.14. The van der Waals surface area contributed by atoms with Crippen LogP contribution in [0.2, 0.25) is 0 Å². The molecule has 5 nitrogen and oxygen atoms in total. The molecule has 5 heteroatoms. The number of ether oxygens (including phenoxy) is 1. The van der Waals surface area contributed by atoms with Gasteiger partial charge in [0.25, 0.3) is 0 Å². The number of nitrogens with zero attached hydrogens (tertiary/aromatic N) is 2. The molecule has 0 fully saturated rings. The lowest BCUT2D eigenvalue weighted by molar-refractivity contribution is 0.414. The first-order chi connectivity index (χ1) is 7.86. The molecule has 2 aromatic rings. The van der Waals surface area contributed by atoms with E-state index in [0.29, 0.717) is 11.6 Å². The number of aromatic amines is 1. The minimum atomic E-state index is 0.659. The van der Waals surface area contributed by atoms with Crippen molar-refractivity contribution in [3.63, 3.8) is 0 Å². The van der Waals surface area contributed by atoms with Gasteiger partial charge in [-0.05, 0) is 19.1 Å². The molecule has 0 aliphatic heterocycles. The molecule has 2 rings (SSSR count). The Morgan fingerprint density at radius 2 is 2.31 bits per heavy atom. The Morgan fingerprint density at radius 3 is 2.94 bits per heavy atom. The third-order valence-electron chi connectivity index (χ3n) is 2.21. The van der Waals surface area contributed by atoms with E-state index in [9.17, 15) is 0 Å². The smallest absolute Gasteiger partial charge is 0.189 e. The summed E-state index contributed by atoms with van der Waals surface area (Å²) < 4.78 is 5.35. The molecular weight excluding hydrogens is 204 g/mol. The van der Waals surface area contributed by atoms with Crippen LogP contribution in [0.4, 0.5) is 5.82 Å². The molecule has 0 aliphatic rings. The van der Waals surface area contributed by atoms with Crippen LogP contribution in [0.5, 0.6) is 5.75 Å². The highest BCUT2D eigenvalue weighted by Crippen LogP contribution is 2.31. The van der Waals surface area contributed by atoms with Crippen LogP contribution >= 0.6 is 0 Å². The Balaban J connectivity index is 2.49. The van der Waals surface area contributed by atoms with Gasteiger partial charge in [-0.1, -0.05) is 0 Å². The zero-order valence-electron chi connectivity index (χ0n) is 9.32. The van der Waals surface area contributed by atoms with Gasteiger partial charge in [0.1, 0.15) is 12.0 Å². The van der Waals surface area contributed by atoms with Crippen LogP contribution in [0.25, 0.3) is 11.4 Å². The van der Waals surface area contributed by atoms with E-state index in [1.807, 2.05) is 25.3 Å². The predicted molar refractivity (Wildman–Crippen MR) is 62.5 cm³/mol. The van der Waals surface area contributed by atoms with Gasteiger partial charge in [0, 0.05) is 12.7 Å². The molecule has 0 unspecified atom stereocenters. The number of aromatic nitrogens is 3. The molecule has 0 saturated heterocycles. The van der Waals surface area contributed by atoms with E-state index in [1.54, 1.807) is 7.11 Å². The minimum Gasteiger partial charge on any atom is -0.491 e. The normalized spacial score (nSPS) is 10.1. The van der Waals surface area contributed by atoms with E-state index in [4.69, 9.17) is 4.74 Å². The lowest BCUT2D eigenvalue weighted by Gasteiger charge is -2.11. The second-order valence-electron chi connectivity index (χ2n) is 3.22. The number of H-pyrrole nitrogens is 1. The third-order valence-corrected chi connectivity index (χ3v) is 2.21. The van der Waals surface area contributed by atoms with Gasteiger partial charge in [0.15, 0.2) is 11.6 Å². The van der Waals surface area contributed by atoms with Crippen molar-refractivity contribution in [1.29, 1.82) is 0 Å². The van der Waals surface area contributed by atoms with Crippen LogP contribution in [0, 0.1) is 0 Å². The molecular formula is C11H14N4O. The number of rotatable bonds is 4. The zero-order chi connectivity index (χ0) is 11.4. The molecule has 0 radical (unpaired) electrons. The Hall–Kier alpha value is -2.04. The summed E-state index contributed by atoms with van der Waals surface area (Å²) in [6, 6.07) is 3.87. The summed E-state index contributed by atoms with van der Waals surface area (Å²) in [5.41, 5.74) is 1.68. The molecule has 16 heavy (non-hydrogen) atoms. The molecule has 2 aromatic heterocycles. The van der Waals surface area contributed by atoms with Crippen molar-refractivity contribution in [1.82, 2.24) is 15.0 Å². The summed E-state index contributed by atoms with van der Waals surface area (Å²) in [6.07, 6.45) is 3.38. The SMILES string of the molecule is CCNc1ncnc(-c2ccc[nH]2)c1OC. The van der Waals surface area contributed by atoms with E-state index in [-0.39, 0.29) is 0 Å². The van der Waals surface area contributed by atoms with Gasteiger partial charge in [-0.25, -0.2) is 9.97 Å². The second kappa shape index (κ2) is 4.65. The van der Waals surface area contributed by atoms with Gasteiger partial charge in [0.2, 0.25) is 0 Å². The van der Waals surface area contributed by atoms with E-state index < -0.39 is 0 Å². The van der Waals surface area contributed by atoms with Crippen LogP contribution in [0.3, 0.4) is 0 Å². The fourth-order valence-electron chi connectivity index (χ4n) is 1.53. The maximum absolute atomic E-state index is 5.35. The second-order valence-corrected chi connectivity index (χ2v) is 3.22. The fourth-order valence-corrected chi connectivity index (χ4v) is 1.53. The molecule has 84 valence electrons.